The molecule has 2 heterocycles. The number of hydrogen-bond donors (Lipinski definition) is 2. The van der Waals surface area contributed by atoms with Crippen LogP contribution in [0.25, 0.3) is 11.0 Å². The number of rotatable bonds is 8. The van der Waals surface area contributed by atoms with Crippen molar-refractivity contribution >= 4 is 34.3 Å². The first-order valence-electron chi connectivity index (χ1n) is 10.9. The van der Waals surface area contributed by atoms with Gasteiger partial charge in [0.25, 0.3) is 5.91 Å². The second-order valence-electron chi connectivity index (χ2n) is 7.99. The molecule has 0 bridgehead atoms. The number of ketones is 1. The van der Waals surface area contributed by atoms with Crippen LogP contribution in [-0.4, -0.2) is 46.8 Å². The second-order valence-corrected chi connectivity index (χ2v) is 7.99. The van der Waals surface area contributed by atoms with Gasteiger partial charge in [0.05, 0.1) is 16.7 Å². The van der Waals surface area contributed by atoms with Crippen molar-refractivity contribution in [2.45, 2.75) is 39.2 Å². The van der Waals surface area contributed by atoms with E-state index in [1.165, 1.54) is 17.0 Å². The highest BCUT2D eigenvalue weighted by molar-refractivity contribution is 6.05. The summed E-state index contributed by atoms with van der Waals surface area (Å²) >= 11 is 0. The van der Waals surface area contributed by atoms with Gasteiger partial charge in [-0.25, -0.2) is 9.37 Å². The molecule has 1 unspecified atom stereocenters. The molecule has 0 aliphatic carbocycles. The van der Waals surface area contributed by atoms with Crippen LogP contribution in [0.15, 0.2) is 36.4 Å². The zero-order valence-electron chi connectivity index (χ0n) is 18.5. The normalized spacial score (nSPS) is 15.3. The van der Waals surface area contributed by atoms with Gasteiger partial charge in [0.15, 0.2) is 11.9 Å². The van der Waals surface area contributed by atoms with Gasteiger partial charge in [0, 0.05) is 24.9 Å². The maximum Gasteiger partial charge on any atom is 0.268 e. The topological polar surface area (TPSA) is 104 Å². The minimum atomic E-state index is -0.738. The number of halogens is 1. The second kappa shape index (κ2) is 9.40. The van der Waals surface area contributed by atoms with E-state index in [9.17, 15) is 18.8 Å². The van der Waals surface area contributed by atoms with E-state index in [2.05, 4.69) is 15.3 Å². The number of benzene rings is 2. The smallest absolute Gasteiger partial charge is 0.268 e. The summed E-state index contributed by atoms with van der Waals surface area (Å²) in [6, 6.07) is 9.25. The van der Waals surface area contributed by atoms with Gasteiger partial charge in [-0.2, -0.15) is 0 Å². The molecule has 9 heteroatoms. The largest absolute Gasteiger partial charge is 0.479 e. The number of nitrogens with zero attached hydrogens (tertiary/aromatic N) is 2. The fourth-order valence-corrected chi connectivity index (χ4v) is 3.79. The molecule has 4 rings (SSSR count). The fraction of sp³-hybridized carbons (Fsp3) is 0.333. The number of ether oxygens (including phenoxy) is 1. The molecule has 2 amide bonds. The van der Waals surface area contributed by atoms with Gasteiger partial charge in [-0.1, -0.05) is 6.92 Å². The first-order valence-corrected chi connectivity index (χ1v) is 10.9. The summed E-state index contributed by atoms with van der Waals surface area (Å²) in [4.78, 5) is 46.4. The lowest BCUT2D eigenvalue weighted by molar-refractivity contribution is -0.128. The summed E-state index contributed by atoms with van der Waals surface area (Å²) < 4.78 is 19.0. The molecule has 0 radical (unpaired) electrons. The van der Waals surface area contributed by atoms with Crippen LogP contribution in [0.3, 0.4) is 0 Å². The maximum absolute atomic E-state index is 13.3. The summed E-state index contributed by atoms with van der Waals surface area (Å²) in [6.07, 6.45) is 0.799. The number of carbonyl (C=O) groups is 3. The molecule has 2 aromatic carbocycles. The van der Waals surface area contributed by atoms with Gasteiger partial charge < -0.3 is 15.0 Å². The van der Waals surface area contributed by atoms with E-state index in [0.29, 0.717) is 53.1 Å². The molecule has 8 nitrogen and oxygen atoms in total. The van der Waals surface area contributed by atoms with Crippen molar-refractivity contribution in [2.75, 3.05) is 18.0 Å². The molecule has 1 aromatic heterocycles. The van der Waals surface area contributed by atoms with E-state index in [1.807, 2.05) is 6.92 Å². The quantitative estimate of drug-likeness (QED) is 0.511. The molecule has 33 heavy (non-hydrogen) atoms. The van der Waals surface area contributed by atoms with E-state index in [-0.39, 0.29) is 36.5 Å². The molecule has 2 N–H and O–H groups in total. The molecule has 1 atom stereocenters. The third kappa shape index (κ3) is 4.87. The van der Waals surface area contributed by atoms with Crippen LogP contribution in [-0.2, 0) is 16.0 Å². The Morgan fingerprint density at radius 3 is 2.85 bits per heavy atom. The van der Waals surface area contributed by atoms with Crippen LogP contribution in [0.1, 0.15) is 42.9 Å². The van der Waals surface area contributed by atoms with Gasteiger partial charge in [0.2, 0.25) is 5.91 Å². The Balaban J connectivity index is 1.42. The molecule has 0 fully saturated rings. The van der Waals surface area contributed by atoms with Crippen LogP contribution in [0.5, 0.6) is 5.75 Å². The molecule has 1 aliphatic heterocycles. The summed E-state index contributed by atoms with van der Waals surface area (Å²) in [5.41, 5.74) is 2.13. The molecule has 0 spiro atoms. The molecular weight excluding hydrogens is 427 g/mol. The van der Waals surface area contributed by atoms with Gasteiger partial charge in [0.1, 0.15) is 23.9 Å². The van der Waals surface area contributed by atoms with E-state index in [1.54, 1.807) is 31.2 Å². The number of hydrogen-bond acceptors (Lipinski definition) is 5. The number of carbonyl (C=O) groups excluding carboxylic acids is 3. The zero-order valence-corrected chi connectivity index (χ0v) is 18.5. The monoisotopic (exact) mass is 452 g/mol. The van der Waals surface area contributed by atoms with Crippen molar-refractivity contribution in [3.8, 4) is 5.75 Å². The number of aromatic nitrogens is 2. The highest BCUT2D eigenvalue weighted by Gasteiger charge is 2.33. The van der Waals surface area contributed by atoms with E-state index < -0.39 is 6.10 Å². The van der Waals surface area contributed by atoms with Crippen LogP contribution in [0, 0.1) is 5.82 Å². The average molecular weight is 452 g/mol. The number of fused-ring (bicyclic) bond motifs is 2. The Labute approximate surface area is 190 Å². The van der Waals surface area contributed by atoms with E-state index in [4.69, 9.17) is 4.74 Å². The lowest BCUT2D eigenvalue weighted by Gasteiger charge is -2.32. The molecule has 3 aromatic rings. The van der Waals surface area contributed by atoms with Crippen molar-refractivity contribution in [3.05, 3.63) is 53.6 Å². The fourth-order valence-electron chi connectivity index (χ4n) is 3.79. The molecule has 1 aliphatic rings. The van der Waals surface area contributed by atoms with Crippen molar-refractivity contribution in [3.63, 3.8) is 0 Å². The Bertz CT molecular complexity index is 1220. The predicted molar refractivity (Wildman–Crippen MR) is 121 cm³/mol. The summed E-state index contributed by atoms with van der Waals surface area (Å²) in [5, 5.41) is 2.78. The van der Waals surface area contributed by atoms with Gasteiger partial charge in [-0.15, -0.1) is 0 Å². The maximum atomic E-state index is 13.3. The Morgan fingerprint density at radius 2 is 2.06 bits per heavy atom. The number of Topliss-reactive ketones (excluding diaryl/α,β-unsaturated/α-hetero) is 1. The van der Waals surface area contributed by atoms with Crippen LogP contribution in [0.2, 0.25) is 0 Å². The molecule has 0 saturated heterocycles. The predicted octanol–water partition coefficient (Wildman–Crippen LogP) is 3.16. The van der Waals surface area contributed by atoms with E-state index >= 15 is 0 Å². The Hall–Kier alpha value is -3.75. The third-order valence-corrected chi connectivity index (χ3v) is 5.44. The first-order chi connectivity index (χ1) is 15.9. The van der Waals surface area contributed by atoms with Crippen molar-refractivity contribution in [2.24, 2.45) is 0 Å². The summed E-state index contributed by atoms with van der Waals surface area (Å²) in [5.74, 6) is -0.00141. The molecule has 0 saturated carbocycles. The number of amides is 2. The third-order valence-electron chi connectivity index (χ3n) is 5.44. The SMILES string of the molecule is CCCC(=O)c1ccc2c(c1)N(CC(=O)NCCc1nc3ccc(F)cc3[nH]1)C(=O)C(C)O2. The zero-order chi connectivity index (χ0) is 23.5. The Kier molecular flexibility index (Phi) is 6.39. The minimum absolute atomic E-state index is 0.0264. The average Bonchev–Trinajstić information content (AvgIpc) is 3.18. The van der Waals surface area contributed by atoms with Gasteiger partial charge in [-0.3, -0.25) is 19.3 Å². The van der Waals surface area contributed by atoms with Crippen LogP contribution >= 0.6 is 0 Å². The van der Waals surface area contributed by atoms with Crippen molar-refractivity contribution in [1.29, 1.82) is 0 Å². The highest BCUT2D eigenvalue weighted by atomic mass is 19.1. The number of anilines is 1. The van der Waals surface area contributed by atoms with Crippen molar-refractivity contribution in [1.82, 2.24) is 15.3 Å². The molecule has 172 valence electrons. The highest BCUT2D eigenvalue weighted by Crippen LogP contribution is 2.35. The standard InChI is InChI=1S/C24H25FN4O4/c1-3-4-20(30)15-5-8-21-19(11-15)29(24(32)14(2)33-21)13-23(31)26-10-9-22-27-17-7-6-16(25)12-18(17)28-22/h5-8,11-12,14H,3-4,9-10,13H2,1-2H3,(H,26,31)(H,27,28). The lowest BCUT2D eigenvalue weighted by Crippen LogP contribution is -2.49. The number of imidazole rings is 1. The number of H-pyrrole nitrogens is 1. The molecular formula is C24H25FN4O4. The Morgan fingerprint density at radius 1 is 1.24 bits per heavy atom. The number of aromatic amines is 1. The summed E-state index contributed by atoms with van der Waals surface area (Å²) in [6.45, 7) is 3.63. The summed E-state index contributed by atoms with van der Waals surface area (Å²) in [7, 11) is 0. The number of nitrogens with one attached hydrogen (secondary N) is 2. The van der Waals surface area contributed by atoms with Crippen molar-refractivity contribution < 1.29 is 23.5 Å². The van der Waals surface area contributed by atoms with Crippen LogP contribution in [0.4, 0.5) is 10.1 Å². The first kappa shape index (κ1) is 22.4. The van der Waals surface area contributed by atoms with Gasteiger partial charge in [-0.05, 0) is 49.7 Å². The van der Waals surface area contributed by atoms with Gasteiger partial charge >= 0.3 is 0 Å². The van der Waals surface area contributed by atoms with Crippen LogP contribution < -0.4 is 15.0 Å². The van der Waals surface area contributed by atoms with E-state index in [0.717, 1.165) is 0 Å². The lowest BCUT2D eigenvalue weighted by atomic mass is 10.0. The minimum Gasteiger partial charge on any atom is -0.479 e.